The summed E-state index contributed by atoms with van der Waals surface area (Å²) in [5.74, 6) is -0.341. The molecule has 30 heavy (non-hydrogen) atoms. The zero-order valence-corrected chi connectivity index (χ0v) is 18.9. The fraction of sp³-hybridized carbons (Fsp3) is 0.292. The zero-order chi connectivity index (χ0) is 22.1. The average Bonchev–Trinajstić information content (AvgIpc) is 2.70. The number of fused-ring (bicyclic) bond motifs is 1. The Morgan fingerprint density at radius 3 is 2.27 bits per heavy atom. The number of rotatable bonds is 6. The Balaban J connectivity index is 1.73. The lowest BCUT2D eigenvalue weighted by molar-refractivity contribution is -0.121. The summed E-state index contributed by atoms with van der Waals surface area (Å²) in [5, 5.41) is 4.73. The van der Waals surface area contributed by atoms with Crippen LogP contribution in [0.4, 0.5) is 0 Å². The van der Waals surface area contributed by atoms with E-state index in [1.807, 2.05) is 45.0 Å². The molecule has 0 aliphatic rings. The van der Waals surface area contributed by atoms with Crippen molar-refractivity contribution in [3.8, 4) is 0 Å². The van der Waals surface area contributed by atoms with Gasteiger partial charge >= 0.3 is 0 Å². The highest BCUT2D eigenvalue weighted by Crippen LogP contribution is 2.23. The van der Waals surface area contributed by atoms with Gasteiger partial charge in [0.15, 0.2) is 0 Å². The minimum atomic E-state index is -3.77. The standard InChI is InChI=1S/C24H28N2O3S/c1-16-12-18(3)23(13-17(16)2)19(4)25-24(27)15-26(5)30(28,29)22-11-10-20-8-6-7-9-21(20)14-22/h6-14,19H,15H2,1-5H3,(H,25,27)/t19-/m0/s1. The lowest BCUT2D eigenvalue weighted by atomic mass is 9.96. The molecule has 0 saturated carbocycles. The van der Waals surface area contributed by atoms with Crippen LogP contribution in [-0.4, -0.2) is 32.2 Å². The van der Waals surface area contributed by atoms with Crippen LogP contribution in [0.5, 0.6) is 0 Å². The van der Waals surface area contributed by atoms with E-state index < -0.39 is 10.0 Å². The molecule has 6 heteroatoms. The van der Waals surface area contributed by atoms with Gasteiger partial charge in [0.25, 0.3) is 0 Å². The molecule has 0 heterocycles. The summed E-state index contributed by atoms with van der Waals surface area (Å²) in [5.41, 5.74) is 4.50. The molecule has 0 aromatic heterocycles. The number of hydrogen-bond acceptors (Lipinski definition) is 3. The Hall–Kier alpha value is -2.70. The second-order valence-corrected chi connectivity index (χ2v) is 9.90. The van der Waals surface area contributed by atoms with Gasteiger partial charge < -0.3 is 5.32 Å². The predicted molar refractivity (Wildman–Crippen MR) is 121 cm³/mol. The molecule has 1 N–H and O–H groups in total. The fourth-order valence-corrected chi connectivity index (χ4v) is 4.77. The second-order valence-electron chi connectivity index (χ2n) is 7.85. The lowest BCUT2D eigenvalue weighted by Crippen LogP contribution is -2.39. The first-order valence-electron chi connectivity index (χ1n) is 9.92. The highest BCUT2D eigenvalue weighted by Gasteiger charge is 2.24. The molecule has 0 radical (unpaired) electrons. The van der Waals surface area contributed by atoms with Gasteiger partial charge in [-0.1, -0.05) is 42.5 Å². The van der Waals surface area contributed by atoms with Crippen LogP contribution in [-0.2, 0) is 14.8 Å². The average molecular weight is 425 g/mol. The van der Waals surface area contributed by atoms with Crippen LogP contribution in [0.25, 0.3) is 10.8 Å². The molecule has 0 saturated heterocycles. The van der Waals surface area contributed by atoms with Crippen molar-refractivity contribution in [2.75, 3.05) is 13.6 Å². The summed E-state index contributed by atoms with van der Waals surface area (Å²) in [6.07, 6.45) is 0. The van der Waals surface area contributed by atoms with Crippen LogP contribution in [0, 0.1) is 20.8 Å². The molecular formula is C24H28N2O3S. The molecule has 3 aromatic rings. The molecule has 3 rings (SSSR count). The van der Waals surface area contributed by atoms with Crippen molar-refractivity contribution in [1.29, 1.82) is 0 Å². The summed E-state index contributed by atoms with van der Waals surface area (Å²) in [7, 11) is -2.35. The van der Waals surface area contributed by atoms with Gasteiger partial charge in [0.05, 0.1) is 17.5 Å². The van der Waals surface area contributed by atoms with Crippen molar-refractivity contribution in [2.45, 2.75) is 38.6 Å². The van der Waals surface area contributed by atoms with Crippen LogP contribution in [0.15, 0.2) is 59.5 Å². The number of nitrogens with one attached hydrogen (secondary N) is 1. The van der Waals surface area contributed by atoms with E-state index in [-0.39, 0.29) is 23.4 Å². The molecular weight excluding hydrogens is 396 g/mol. The van der Waals surface area contributed by atoms with Crippen LogP contribution in [0.2, 0.25) is 0 Å². The maximum absolute atomic E-state index is 12.9. The highest BCUT2D eigenvalue weighted by atomic mass is 32.2. The van der Waals surface area contributed by atoms with Crippen molar-refractivity contribution < 1.29 is 13.2 Å². The molecule has 1 amide bonds. The lowest BCUT2D eigenvalue weighted by Gasteiger charge is -2.21. The number of benzene rings is 3. The number of likely N-dealkylation sites (N-methyl/N-ethyl adjacent to an activating group) is 1. The fourth-order valence-electron chi connectivity index (χ4n) is 3.61. The Morgan fingerprint density at radius 2 is 1.57 bits per heavy atom. The SMILES string of the molecule is Cc1cc(C)c([C@H](C)NC(=O)CN(C)S(=O)(=O)c2ccc3ccccc3c2)cc1C. The van der Waals surface area contributed by atoms with Gasteiger partial charge in [-0.15, -0.1) is 0 Å². The number of nitrogens with zero attached hydrogens (tertiary/aromatic N) is 1. The molecule has 0 spiro atoms. The number of sulfonamides is 1. The van der Waals surface area contributed by atoms with E-state index in [2.05, 4.69) is 24.4 Å². The minimum Gasteiger partial charge on any atom is -0.348 e. The maximum Gasteiger partial charge on any atom is 0.243 e. The summed E-state index contributed by atoms with van der Waals surface area (Å²) in [6, 6.07) is 16.5. The first-order chi connectivity index (χ1) is 14.1. The normalized spacial score (nSPS) is 12.9. The summed E-state index contributed by atoms with van der Waals surface area (Å²) in [6.45, 7) is 7.77. The number of carbonyl (C=O) groups is 1. The van der Waals surface area contributed by atoms with E-state index in [0.29, 0.717) is 0 Å². The van der Waals surface area contributed by atoms with Gasteiger partial charge in [0, 0.05) is 7.05 Å². The Morgan fingerprint density at radius 1 is 0.933 bits per heavy atom. The van der Waals surface area contributed by atoms with E-state index in [1.54, 1.807) is 18.2 Å². The molecule has 0 fully saturated rings. The predicted octanol–water partition coefficient (Wildman–Crippen LogP) is 4.26. The highest BCUT2D eigenvalue weighted by molar-refractivity contribution is 7.89. The van der Waals surface area contributed by atoms with Crippen LogP contribution in [0.3, 0.4) is 0 Å². The number of amides is 1. The first kappa shape index (κ1) is 22.0. The van der Waals surface area contributed by atoms with Crippen molar-refractivity contribution >= 4 is 26.7 Å². The van der Waals surface area contributed by atoms with Crippen LogP contribution in [0.1, 0.15) is 35.2 Å². The largest absolute Gasteiger partial charge is 0.348 e. The van der Waals surface area contributed by atoms with E-state index >= 15 is 0 Å². The van der Waals surface area contributed by atoms with Crippen LogP contribution >= 0.6 is 0 Å². The third kappa shape index (κ3) is 4.55. The second kappa shape index (κ2) is 8.58. The topological polar surface area (TPSA) is 66.5 Å². The molecule has 0 aliphatic carbocycles. The van der Waals surface area contributed by atoms with Crippen molar-refractivity contribution in [2.24, 2.45) is 0 Å². The molecule has 5 nitrogen and oxygen atoms in total. The monoisotopic (exact) mass is 424 g/mol. The van der Waals surface area contributed by atoms with E-state index in [1.165, 1.54) is 12.6 Å². The van der Waals surface area contributed by atoms with Gasteiger partial charge in [-0.25, -0.2) is 8.42 Å². The van der Waals surface area contributed by atoms with Crippen LogP contribution < -0.4 is 5.32 Å². The Bertz CT molecular complexity index is 1200. The third-order valence-electron chi connectivity index (χ3n) is 5.52. The number of carbonyl (C=O) groups excluding carboxylic acids is 1. The van der Waals surface area contributed by atoms with Crippen molar-refractivity contribution in [1.82, 2.24) is 9.62 Å². The molecule has 158 valence electrons. The van der Waals surface area contributed by atoms with Gasteiger partial charge in [-0.05, 0) is 72.9 Å². The zero-order valence-electron chi connectivity index (χ0n) is 18.1. The summed E-state index contributed by atoms with van der Waals surface area (Å²) in [4.78, 5) is 12.7. The van der Waals surface area contributed by atoms with Gasteiger partial charge in [0.1, 0.15) is 0 Å². The van der Waals surface area contributed by atoms with Crippen molar-refractivity contribution in [3.05, 3.63) is 76.9 Å². The summed E-state index contributed by atoms with van der Waals surface area (Å²) >= 11 is 0. The van der Waals surface area contributed by atoms with E-state index in [0.717, 1.165) is 31.8 Å². The Labute approximate surface area is 178 Å². The number of aryl methyl sites for hydroxylation is 3. The first-order valence-corrected chi connectivity index (χ1v) is 11.4. The molecule has 0 aliphatic heterocycles. The van der Waals surface area contributed by atoms with Gasteiger partial charge in [-0.3, -0.25) is 4.79 Å². The number of hydrogen-bond donors (Lipinski definition) is 1. The molecule has 0 unspecified atom stereocenters. The quantitative estimate of drug-likeness (QED) is 0.643. The maximum atomic E-state index is 12.9. The smallest absolute Gasteiger partial charge is 0.243 e. The molecule has 0 bridgehead atoms. The van der Waals surface area contributed by atoms with E-state index in [9.17, 15) is 13.2 Å². The van der Waals surface area contributed by atoms with Gasteiger partial charge in [0.2, 0.25) is 15.9 Å². The summed E-state index contributed by atoms with van der Waals surface area (Å²) < 4.78 is 27.0. The van der Waals surface area contributed by atoms with E-state index in [4.69, 9.17) is 0 Å². The molecule has 1 atom stereocenters. The Kier molecular flexibility index (Phi) is 6.29. The van der Waals surface area contributed by atoms with Gasteiger partial charge in [-0.2, -0.15) is 4.31 Å². The van der Waals surface area contributed by atoms with Crippen molar-refractivity contribution in [3.63, 3.8) is 0 Å². The third-order valence-corrected chi connectivity index (χ3v) is 7.32. The minimum absolute atomic E-state index is 0.176. The molecule has 3 aromatic carbocycles.